The van der Waals surface area contributed by atoms with Crippen molar-refractivity contribution >= 4 is 17.7 Å². The van der Waals surface area contributed by atoms with Crippen LogP contribution in [0.3, 0.4) is 0 Å². The number of pyridine rings is 1. The Kier molecular flexibility index (Phi) is 5.10. The standard InChI is InChI=1S/C14H19N3O4/c1-21-8-6-15-13(18)10-4-5-12(16-9-10)17-7-2-3-11(17)14(19)20/h4-5,9,11H,2-3,6-8H2,1H3,(H,15,18)(H,19,20). The summed E-state index contributed by atoms with van der Waals surface area (Å²) < 4.78 is 4.86. The van der Waals surface area contributed by atoms with Crippen LogP contribution in [0.25, 0.3) is 0 Å². The minimum atomic E-state index is -0.837. The summed E-state index contributed by atoms with van der Waals surface area (Å²) in [5.74, 6) is -0.466. The van der Waals surface area contributed by atoms with Gasteiger partial charge in [-0.05, 0) is 25.0 Å². The zero-order valence-corrected chi connectivity index (χ0v) is 11.9. The van der Waals surface area contributed by atoms with E-state index in [0.717, 1.165) is 6.42 Å². The summed E-state index contributed by atoms with van der Waals surface area (Å²) in [4.78, 5) is 28.9. The normalized spacial score (nSPS) is 17.8. The fourth-order valence-electron chi connectivity index (χ4n) is 2.36. The Morgan fingerprint density at radius 3 is 2.95 bits per heavy atom. The monoisotopic (exact) mass is 293 g/mol. The van der Waals surface area contributed by atoms with Crippen molar-refractivity contribution in [3.63, 3.8) is 0 Å². The molecule has 7 heteroatoms. The number of carbonyl (C=O) groups excluding carboxylic acids is 1. The highest BCUT2D eigenvalue weighted by Crippen LogP contribution is 2.23. The summed E-state index contributed by atoms with van der Waals surface area (Å²) in [6, 6.07) is 2.81. The quantitative estimate of drug-likeness (QED) is 0.743. The second kappa shape index (κ2) is 7.03. The Balaban J connectivity index is 2.01. The Morgan fingerprint density at radius 2 is 2.33 bits per heavy atom. The Morgan fingerprint density at radius 1 is 1.52 bits per heavy atom. The van der Waals surface area contributed by atoms with Crippen LogP contribution >= 0.6 is 0 Å². The van der Waals surface area contributed by atoms with Gasteiger partial charge in [0.1, 0.15) is 11.9 Å². The molecule has 2 heterocycles. The molecule has 21 heavy (non-hydrogen) atoms. The van der Waals surface area contributed by atoms with Gasteiger partial charge in [-0.3, -0.25) is 4.79 Å². The number of aromatic nitrogens is 1. The number of carboxylic acid groups (broad SMARTS) is 1. The zero-order chi connectivity index (χ0) is 15.2. The van der Waals surface area contributed by atoms with Crippen molar-refractivity contribution in [2.75, 3.05) is 31.7 Å². The van der Waals surface area contributed by atoms with Crippen molar-refractivity contribution < 1.29 is 19.4 Å². The molecule has 114 valence electrons. The SMILES string of the molecule is COCCNC(=O)c1ccc(N2CCCC2C(=O)O)nc1. The van der Waals surface area contributed by atoms with Gasteiger partial charge in [0.05, 0.1) is 12.2 Å². The number of ether oxygens (including phenoxy) is 1. The summed E-state index contributed by atoms with van der Waals surface area (Å²) in [7, 11) is 1.57. The molecule has 0 aromatic carbocycles. The molecular formula is C14H19N3O4. The molecule has 1 amide bonds. The molecule has 1 saturated heterocycles. The molecule has 2 rings (SSSR count). The first-order valence-electron chi connectivity index (χ1n) is 6.86. The smallest absolute Gasteiger partial charge is 0.326 e. The molecular weight excluding hydrogens is 274 g/mol. The van der Waals surface area contributed by atoms with E-state index in [-0.39, 0.29) is 5.91 Å². The number of rotatable bonds is 6. The van der Waals surface area contributed by atoms with Gasteiger partial charge in [-0.15, -0.1) is 0 Å². The highest BCUT2D eigenvalue weighted by atomic mass is 16.5. The third-order valence-electron chi connectivity index (χ3n) is 3.43. The summed E-state index contributed by atoms with van der Waals surface area (Å²) in [5, 5.41) is 11.9. The van der Waals surface area contributed by atoms with Crippen LogP contribution in [0, 0.1) is 0 Å². The van der Waals surface area contributed by atoms with E-state index in [1.54, 1.807) is 24.1 Å². The van der Waals surface area contributed by atoms with Crippen molar-refractivity contribution in [2.24, 2.45) is 0 Å². The number of carboxylic acids is 1. The maximum Gasteiger partial charge on any atom is 0.326 e. The largest absolute Gasteiger partial charge is 0.480 e. The lowest BCUT2D eigenvalue weighted by atomic mass is 10.2. The van der Waals surface area contributed by atoms with Crippen LogP contribution in [0.4, 0.5) is 5.82 Å². The summed E-state index contributed by atoms with van der Waals surface area (Å²) in [6.45, 7) is 1.55. The third kappa shape index (κ3) is 3.69. The van der Waals surface area contributed by atoms with Crippen LogP contribution in [0.15, 0.2) is 18.3 Å². The number of nitrogens with zero attached hydrogens (tertiary/aromatic N) is 2. The molecule has 0 aliphatic carbocycles. The van der Waals surface area contributed by atoms with E-state index in [1.807, 2.05) is 0 Å². The molecule has 1 aliphatic heterocycles. The van der Waals surface area contributed by atoms with Gasteiger partial charge in [-0.2, -0.15) is 0 Å². The lowest BCUT2D eigenvalue weighted by molar-refractivity contribution is -0.138. The highest BCUT2D eigenvalue weighted by molar-refractivity contribution is 5.94. The second-order valence-electron chi connectivity index (χ2n) is 4.84. The maximum absolute atomic E-state index is 11.8. The molecule has 1 aromatic rings. The van der Waals surface area contributed by atoms with Crippen LogP contribution in [0.2, 0.25) is 0 Å². The molecule has 0 spiro atoms. The molecule has 0 saturated carbocycles. The van der Waals surface area contributed by atoms with E-state index in [2.05, 4.69) is 10.3 Å². The Hall–Kier alpha value is -2.15. The van der Waals surface area contributed by atoms with E-state index >= 15 is 0 Å². The van der Waals surface area contributed by atoms with Crippen molar-refractivity contribution in [3.05, 3.63) is 23.9 Å². The van der Waals surface area contributed by atoms with Gasteiger partial charge in [-0.1, -0.05) is 0 Å². The predicted octanol–water partition coefficient (Wildman–Crippen LogP) is 0.511. The predicted molar refractivity (Wildman–Crippen MR) is 76.5 cm³/mol. The maximum atomic E-state index is 11.8. The van der Waals surface area contributed by atoms with Gasteiger partial charge < -0.3 is 20.1 Å². The molecule has 1 aliphatic rings. The molecule has 1 aromatic heterocycles. The minimum absolute atomic E-state index is 0.220. The van der Waals surface area contributed by atoms with Crippen molar-refractivity contribution in [1.82, 2.24) is 10.3 Å². The summed E-state index contributed by atoms with van der Waals surface area (Å²) >= 11 is 0. The fourth-order valence-corrected chi connectivity index (χ4v) is 2.36. The van der Waals surface area contributed by atoms with Crippen LogP contribution in [0.5, 0.6) is 0 Å². The third-order valence-corrected chi connectivity index (χ3v) is 3.43. The Labute approximate surface area is 122 Å². The number of hydrogen-bond donors (Lipinski definition) is 2. The van der Waals surface area contributed by atoms with Crippen LogP contribution in [-0.4, -0.2) is 54.8 Å². The van der Waals surface area contributed by atoms with Crippen LogP contribution in [-0.2, 0) is 9.53 Å². The average Bonchev–Trinajstić information content (AvgIpc) is 2.97. The number of carbonyl (C=O) groups is 2. The number of amides is 1. The fraction of sp³-hybridized carbons (Fsp3) is 0.500. The molecule has 7 nitrogen and oxygen atoms in total. The number of hydrogen-bond acceptors (Lipinski definition) is 5. The molecule has 0 radical (unpaired) electrons. The topological polar surface area (TPSA) is 91.8 Å². The van der Waals surface area contributed by atoms with Crippen molar-refractivity contribution in [3.8, 4) is 0 Å². The van der Waals surface area contributed by atoms with E-state index in [4.69, 9.17) is 9.84 Å². The lowest BCUT2D eigenvalue weighted by Crippen LogP contribution is -2.36. The van der Waals surface area contributed by atoms with Gasteiger partial charge >= 0.3 is 5.97 Å². The average molecular weight is 293 g/mol. The van der Waals surface area contributed by atoms with Crippen LogP contribution < -0.4 is 10.2 Å². The van der Waals surface area contributed by atoms with E-state index in [9.17, 15) is 9.59 Å². The lowest BCUT2D eigenvalue weighted by Gasteiger charge is -2.22. The van der Waals surface area contributed by atoms with Gasteiger partial charge in [-0.25, -0.2) is 9.78 Å². The number of aliphatic carboxylic acids is 1. The van der Waals surface area contributed by atoms with Gasteiger partial charge in [0.15, 0.2) is 0 Å². The van der Waals surface area contributed by atoms with E-state index in [1.165, 1.54) is 6.20 Å². The first kappa shape index (κ1) is 15.2. The van der Waals surface area contributed by atoms with E-state index in [0.29, 0.717) is 37.5 Å². The highest BCUT2D eigenvalue weighted by Gasteiger charge is 2.31. The number of methoxy groups -OCH3 is 1. The molecule has 1 fully saturated rings. The molecule has 1 unspecified atom stereocenters. The van der Waals surface area contributed by atoms with Gasteiger partial charge in [0.2, 0.25) is 0 Å². The molecule has 1 atom stereocenters. The molecule has 2 N–H and O–H groups in total. The summed E-state index contributed by atoms with van der Waals surface area (Å²) in [5.41, 5.74) is 0.445. The zero-order valence-electron chi connectivity index (χ0n) is 11.9. The van der Waals surface area contributed by atoms with Gasteiger partial charge in [0, 0.05) is 26.4 Å². The van der Waals surface area contributed by atoms with Crippen molar-refractivity contribution in [1.29, 1.82) is 0 Å². The minimum Gasteiger partial charge on any atom is -0.480 e. The van der Waals surface area contributed by atoms with Crippen molar-refractivity contribution in [2.45, 2.75) is 18.9 Å². The van der Waals surface area contributed by atoms with E-state index < -0.39 is 12.0 Å². The second-order valence-corrected chi connectivity index (χ2v) is 4.84. The first-order valence-corrected chi connectivity index (χ1v) is 6.86. The first-order chi connectivity index (χ1) is 10.1. The van der Waals surface area contributed by atoms with Crippen LogP contribution in [0.1, 0.15) is 23.2 Å². The Bertz CT molecular complexity index is 503. The summed E-state index contributed by atoms with van der Waals surface area (Å²) in [6.07, 6.45) is 2.92. The number of anilines is 1. The van der Waals surface area contributed by atoms with Gasteiger partial charge in [0.25, 0.3) is 5.91 Å². The number of nitrogens with one attached hydrogen (secondary N) is 1. The molecule has 0 bridgehead atoms.